The lowest BCUT2D eigenvalue weighted by molar-refractivity contribution is -0.144. The highest BCUT2D eigenvalue weighted by atomic mass is 35.5. The van der Waals surface area contributed by atoms with Crippen molar-refractivity contribution in [2.45, 2.75) is 19.4 Å². The first-order valence-corrected chi connectivity index (χ1v) is 7.69. The highest BCUT2D eigenvalue weighted by Crippen LogP contribution is 2.13. The highest BCUT2D eigenvalue weighted by Gasteiger charge is 2.06. The molecule has 0 spiro atoms. The smallest absolute Gasteiger partial charge is 0.306 e. The summed E-state index contributed by atoms with van der Waals surface area (Å²) in [6.45, 7) is 0.203. The third kappa shape index (κ3) is 4.27. The van der Waals surface area contributed by atoms with E-state index in [1.165, 1.54) is 0 Å². The van der Waals surface area contributed by atoms with Gasteiger partial charge < -0.3 is 4.74 Å². The maximum atomic E-state index is 11.8. The van der Waals surface area contributed by atoms with Crippen LogP contribution >= 0.6 is 11.6 Å². The summed E-state index contributed by atoms with van der Waals surface area (Å²) in [4.78, 5) is 20.3. The summed E-state index contributed by atoms with van der Waals surface area (Å²) in [5, 5.41) is 1.51. The van der Waals surface area contributed by atoms with Gasteiger partial charge >= 0.3 is 5.97 Å². The lowest BCUT2D eigenvalue weighted by Crippen LogP contribution is -2.06. The van der Waals surface area contributed by atoms with Gasteiger partial charge in [0.15, 0.2) is 0 Å². The number of pyridine rings is 2. The molecule has 0 N–H and O–H groups in total. The molecule has 3 aromatic rings. The van der Waals surface area contributed by atoms with Gasteiger partial charge in [-0.25, -0.2) is 4.98 Å². The first-order chi connectivity index (χ1) is 11.2. The lowest BCUT2D eigenvalue weighted by atomic mass is 10.1. The van der Waals surface area contributed by atoms with Gasteiger partial charge in [0, 0.05) is 29.3 Å². The number of benzene rings is 1. The summed E-state index contributed by atoms with van der Waals surface area (Å²) in [5.74, 6) is -0.255. The Balaban J connectivity index is 1.52. The molecule has 0 radical (unpaired) electrons. The maximum absolute atomic E-state index is 11.8. The number of ether oxygens (including phenoxy) is 1. The molecular weight excluding hydrogens is 312 g/mol. The molecule has 3 rings (SSSR count). The molecule has 0 aliphatic heterocycles. The van der Waals surface area contributed by atoms with Gasteiger partial charge in [0.25, 0.3) is 0 Å². The minimum atomic E-state index is -0.255. The summed E-state index contributed by atoms with van der Waals surface area (Å²) in [5.41, 5.74) is 2.63. The average molecular weight is 327 g/mol. The molecule has 0 aliphatic carbocycles. The second kappa shape index (κ2) is 7.20. The molecule has 116 valence electrons. The van der Waals surface area contributed by atoms with Gasteiger partial charge in [-0.3, -0.25) is 9.78 Å². The zero-order chi connectivity index (χ0) is 16.1. The molecule has 0 aliphatic rings. The first-order valence-electron chi connectivity index (χ1n) is 7.31. The largest absolute Gasteiger partial charge is 0.461 e. The fourth-order valence-corrected chi connectivity index (χ4v) is 2.32. The van der Waals surface area contributed by atoms with Crippen LogP contribution in [0.2, 0.25) is 5.15 Å². The molecular formula is C18H15ClN2O2. The Bertz CT molecular complexity index is 819. The van der Waals surface area contributed by atoms with Gasteiger partial charge in [-0.2, -0.15) is 0 Å². The van der Waals surface area contributed by atoms with Crippen LogP contribution in [0.4, 0.5) is 0 Å². The Kier molecular flexibility index (Phi) is 4.83. The van der Waals surface area contributed by atoms with Crippen LogP contribution in [0.15, 0.2) is 54.7 Å². The molecule has 2 heterocycles. The van der Waals surface area contributed by atoms with E-state index in [0.29, 0.717) is 18.0 Å². The Morgan fingerprint density at radius 1 is 1.09 bits per heavy atom. The van der Waals surface area contributed by atoms with Crippen molar-refractivity contribution in [3.8, 4) is 0 Å². The van der Waals surface area contributed by atoms with E-state index in [4.69, 9.17) is 16.3 Å². The number of aromatic nitrogens is 2. The monoisotopic (exact) mass is 326 g/mol. The van der Waals surface area contributed by atoms with E-state index in [9.17, 15) is 4.79 Å². The van der Waals surface area contributed by atoms with Gasteiger partial charge in [0.05, 0.1) is 11.9 Å². The van der Waals surface area contributed by atoms with Crippen molar-refractivity contribution in [3.63, 3.8) is 0 Å². The number of hydrogen-bond donors (Lipinski definition) is 0. The molecule has 0 atom stereocenters. The van der Waals surface area contributed by atoms with Crippen LogP contribution in [0.5, 0.6) is 0 Å². The van der Waals surface area contributed by atoms with Crippen LogP contribution in [0.3, 0.4) is 0 Å². The van der Waals surface area contributed by atoms with Gasteiger partial charge in [-0.15, -0.1) is 0 Å². The number of esters is 1. The Hall–Kier alpha value is -2.46. The summed E-state index contributed by atoms with van der Waals surface area (Å²) < 4.78 is 5.23. The van der Waals surface area contributed by atoms with Crippen LogP contribution < -0.4 is 0 Å². The molecule has 0 amide bonds. The van der Waals surface area contributed by atoms with Gasteiger partial charge in [0.2, 0.25) is 0 Å². The van der Waals surface area contributed by atoms with Crippen LogP contribution in [-0.2, 0) is 22.6 Å². The second-order valence-corrected chi connectivity index (χ2v) is 5.53. The topological polar surface area (TPSA) is 52.1 Å². The molecule has 0 unspecified atom stereocenters. The van der Waals surface area contributed by atoms with Crippen molar-refractivity contribution in [3.05, 3.63) is 71.1 Å². The van der Waals surface area contributed by atoms with Crippen LogP contribution in [-0.4, -0.2) is 15.9 Å². The number of rotatable bonds is 5. The summed E-state index contributed by atoms with van der Waals surface area (Å²) in [7, 11) is 0. The summed E-state index contributed by atoms with van der Waals surface area (Å²) in [6, 6.07) is 15.3. The number of halogens is 1. The SMILES string of the molecule is O=C(CCc1ccc2ccccc2n1)OCc1ccc(Cl)nc1. The molecule has 0 saturated heterocycles. The molecule has 0 fully saturated rings. The summed E-state index contributed by atoms with van der Waals surface area (Å²) in [6.07, 6.45) is 2.45. The quantitative estimate of drug-likeness (QED) is 0.526. The fraction of sp³-hybridized carbons (Fsp3) is 0.167. The van der Waals surface area contributed by atoms with E-state index < -0.39 is 0 Å². The fourth-order valence-electron chi connectivity index (χ4n) is 2.21. The maximum Gasteiger partial charge on any atom is 0.306 e. The normalized spacial score (nSPS) is 10.7. The number of carbonyl (C=O) groups is 1. The molecule has 2 aromatic heterocycles. The molecule has 0 bridgehead atoms. The van der Waals surface area contributed by atoms with E-state index in [0.717, 1.165) is 22.2 Å². The van der Waals surface area contributed by atoms with E-state index in [1.54, 1.807) is 18.3 Å². The van der Waals surface area contributed by atoms with Crippen LogP contribution in [0.25, 0.3) is 10.9 Å². The number of para-hydroxylation sites is 1. The Morgan fingerprint density at radius 2 is 1.96 bits per heavy atom. The average Bonchev–Trinajstić information content (AvgIpc) is 2.59. The molecule has 4 nitrogen and oxygen atoms in total. The third-order valence-corrected chi connectivity index (χ3v) is 3.65. The van der Waals surface area contributed by atoms with E-state index >= 15 is 0 Å². The van der Waals surface area contributed by atoms with Crippen molar-refractivity contribution in [1.29, 1.82) is 0 Å². The van der Waals surface area contributed by atoms with E-state index in [1.807, 2.05) is 36.4 Å². The van der Waals surface area contributed by atoms with Gasteiger partial charge in [-0.05, 0) is 18.2 Å². The van der Waals surface area contributed by atoms with Crippen LogP contribution in [0.1, 0.15) is 17.7 Å². The number of fused-ring (bicyclic) bond motifs is 1. The first kappa shape index (κ1) is 15.4. The number of nitrogens with zero attached hydrogens (tertiary/aromatic N) is 2. The number of hydrogen-bond acceptors (Lipinski definition) is 4. The third-order valence-electron chi connectivity index (χ3n) is 3.43. The predicted octanol–water partition coefficient (Wildman–Crippen LogP) is 3.96. The van der Waals surface area contributed by atoms with E-state index in [2.05, 4.69) is 9.97 Å². The predicted molar refractivity (Wildman–Crippen MR) is 89.1 cm³/mol. The Labute approximate surface area is 139 Å². The van der Waals surface area contributed by atoms with Crippen molar-refractivity contribution < 1.29 is 9.53 Å². The standard InChI is InChI=1S/C18H15ClN2O2/c19-17-9-5-13(11-20-17)12-23-18(22)10-8-15-7-6-14-3-1-2-4-16(14)21-15/h1-7,9,11H,8,10,12H2. The number of aryl methyl sites for hydroxylation is 1. The zero-order valence-corrected chi connectivity index (χ0v) is 13.2. The molecule has 1 aromatic carbocycles. The van der Waals surface area contributed by atoms with Crippen LogP contribution in [0, 0.1) is 0 Å². The molecule has 0 saturated carbocycles. The zero-order valence-electron chi connectivity index (χ0n) is 12.4. The van der Waals surface area contributed by atoms with Crippen molar-refractivity contribution in [2.24, 2.45) is 0 Å². The highest BCUT2D eigenvalue weighted by molar-refractivity contribution is 6.29. The number of carbonyl (C=O) groups excluding carboxylic acids is 1. The van der Waals surface area contributed by atoms with Crippen molar-refractivity contribution in [2.75, 3.05) is 0 Å². The van der Waals surface area contributed by atoms with Gasteiger partial charge in [0.1, 0.15) is 11.8 Å². The van der Waals surface area contributed by atoms with Crippen molar-refractivity contribution >= 4 is 28.5 Å². The van der Waals surface area contributed by atoms with Gasteiger partial charge in [-0.1, -0.05) is 41.9 Å². The second-order valence-electron chi connectivity index (χ2n) is 5.15. The molecule has 23 heavy (non-hydrogen) atoms. The Morgan fingerprint density at radius 3 is 2.78 bits per heavy atom. The van der Waals surface area contributed by atoms with E-state index in [-0.39, 0.29) is 12.6 Å². The minimum Gasteiger partial charge on any atom is -0.461 e. The van der Waals surface area contributed by atoms with Crippen molar-refractivity contribution in [1.82, 2.24) is 9.97 Å². The lowest BCUT2D eigenvalue weighted by Gasteiger charge is -2.05. The minimum absolute atomic E-state index is 0.203. The molecule has 5 heteroatoms. The summed E-state index contributed by atoms with van der Waals surface area (Å²) >= 11 is 5.71.